The fraction of sp³-hybridized carbons (Fsp3) is 0.953. The van der Waals surface area contributed by atoms with Gasteiger partial charge in [-0.15, -0.1) is 0 Å². The van der Waals surface area contributed by atoms with Gasteiger partial charge in [-0.3, -0.25) is 18.6 Å². The first-order valence-electron chi connectivity index (χ1n) is 22.5. The van der Waals surface area contributed by atoms with Crippen LogP contribution in [-0.4, -0.2) is 54.3 Å². The van der Waals surface area contributed by atoms with Crippen LogP contribution in [0.2, 0.25) is 0 Å². The summed E-state index contributed by atoms with van der Waals surface area (Å²) in [7, 11) is -4.41. The van der Waals surface area contributed by atoms with Crippen molar-refractivity contribution in [3.63, 3.8) is 0 Å². The first kappa shape index (κ1) is 52.0. The smallest absolute Gasteiger partial charge is 0.463 e. The van der Waals surface area contributed by atoms with Crippen LogP contribution in [-0.2, 0) is 27.9 Å². The molecule has 10 heteroatoms. The third-order valence-corrected chi connectivity index (χ3v) is 11.0. The number of unbranched alkanes of at least 4 members (excludes halogenated alkanes) is 30. The van der Waals surface area contributed by atoms with Crippen molar-refractivity contribution in [2.75, 3.05) is 26.4 Å². The summed E-state index contributed by atoms with van der Waals surface area (Å²) in [5.74, 6) is -0.503. The van der Waals surface area contributed by atoms with Gasteiger partial charge in [-0.2, -0.15) is 0 Å². The highest BCUT2D eigenvalue weighted by molar-refractivity contribution is 7.47. The quantitative estimate of drug-likeness (QED) is 0.0317. The summed E-state index contributed by atoms with van der Waals surface area (Å²) in [6.45, 7) is 3.60. The third-order valence-electron chi connectivity index (χ3n) is 10.0. The summed E-state index contributed by atoms with van der Waals surface area (Å²) < 4.78 is 26.9. The number of phosphoric acid groups is 1. The number of esters is 1. The number of rotatable bonds is 43. The Bertz CT molecular complexity index is 845. The zero-order chi connectivity index (χ0) is 38.9. The summed E-state index contributed by atoms with van der Waals surface area (Å²) in [6.07, 6.45) is 40.3. The Labute approximate surface area is 326 Å². The van der Waals surface area contributed by atoms with Crippen LogP contribution >= 0.6 is 7.82 Å². The zero-order valence-corrected chi connectivity index (χ0v) is 35.6. The molecule has 0 aliphatic heterocycles. The topological polar surface area (TPSA) is 131 Å². The van der Waals surface area contributed by atoms with E-state index in [1.54, 1.807) is 0 Å². The molecule has 3 N–H and O–H groups in total. The van der Waals surface area contributed by atoms with Crippen molar-refractivity contribution >= 4 is 19.7 Å². The van der Waals surface area contributed by atoms with Gasteiger partial charge in [0, 0.05) is 19.4 Å². The van der Waals surface area contributed by atoms with E-state index in [0.717, 1.165) is 38.5 Å². The van der Waals surface area contributed by atoms with E-state index in [-0.39, 0.29) is 25.7 Å². The van der Waals surface area contributed by atoms with Gasteiger partial charge in [0.2, 0.25) is 5.91 Å². The monoisotopic (exact) mass is 776 g/mol. The van der Waals surface area contributed by atoms with E-state index in [1.807, 2.05) is 0 Å². The highest BCUT2D eigenvalue weighted by Crippen LogP contribution is 2.42. The fourth-order valence-electron chi connectivity index (χ4n) is 6.62. The van der Waals surface area contributed by atoms with E-state index in [2.05, 4.69) is 19.2 Å². The second-order valence-electron chi connectivity index (χ2n) is 15.4. The van der Waals surface area contributed by atoms with Gasteiger partial charge in [0.25, 0.3) is 0 Å². The lowest BCUT2D eigenvalue weighted by molar-refractivity contribution is -0.147. The molecular formula is C43H86NO8P. The van der Waals surface area contributed by atoms with Gasteiger partial charge in [-0.1, -0.05) is 206 Å². The summed E-state index contributed by atoms with van der Waals surface area (Å²) >= 11 is 0. The number of ether oxygens (including phenoxy) is 1. The maximum Gasteiger partial charge on any atom is 0.472 e. The molecule has 0 spiro atoms. The molecule has 1 amide bonds. The molecular weight excluding hydrogens is 689 g/mol. The maximum absolute atomic E-state index is 12.1. The van der Waals surface area contributed by atoms with Crippen LogP contribution in [0.15, 0.2) is 0 Å². The van der Waals surface area contributed by atoms with Crippen LogP contribution < -0.4 is 5.32 Å². The molecule has 2 atom stereocenters. The Morgan fingerprint density at radius 2 is 0.849 bits per heavy atom. The van der Waals surface area contributed by atoms with Crippen molar-refractivity contribution in [3.05, 3.63) is 0 Å². The summed E-state index contributed by atoms with van der Waals surface area (Å²) in [4.78, 5) is 33.9. The second kappa shape index (κ2) is 40.7. The number of carbonyl (C=O) groups is 2. The van der Waals surface area contributed by atoms with Crippen LogP contribution in [0.5, 0.6) is 0 Å². The molecule has 0 aliphatic carbocycles. The zero-order valence-electron chi connectivity index (χ0n) is 34.7. The molecule has 9 nitrogen and oxygen atoms in total. The average Bonchev–Trinajstić information content (AvgIpc) is 3.14. The lowest BCUT2D eigenvalue weighted by Crippen LogP contribution is -2.27. The third kappa shape index (κ3) is 42.0. The van der Waals surface area contributed by atoms with Crippen LogP contribution in [0.25, 0.3) is 0 Å². The Hall–Kier alpha value is -0.990. The minimum atomic E-state index is -4.41. The number of aliphatic hydroxyl groups excluding tert-OH is 1. The Morgan fingerprint density at radius 1 is 0.509 bits per heavy atom. The Morgan fingerprint density at radius 3 is 1.23 bits per heavy atom. The lowest BCUT2D eigenvalue weighted by Gasteiger charge is -2.15. The normalized spacial score (nSPS) is 13.2. The van der Waals surface area contributed by atoms with E-state index in [4.69, 9.17) is 13.8 Å². The average molecular weight is 776 g/mol. The van der Waals surface area contributed by atoms with Gasteiger partial charge in [0.05, 0.1) is 13.2 Å². The molecule has 316 valence electrons. The lowest BCUT2D eigenvalue weighted by atomic mass is 10.0. The summed E-state index contributed by atoms with van der Waals surface area (Å²) in [5.41, 5.74) is 0. The van der Waals surface area contributed by atoms with Gasteiger partial charge in [-0.05, 0) is 12.8 Å². The number of hydrogen-bond acceptors (Lipinski definition) is 7. The number of amides is 1. The first-order chi connectivity index (χ1) is 25.8. The van der Waals surface area contributed by atoms with Crippen molar-refractivity contribution in [1.82, 2.24) is 5.32 Å². The van der Waals surface area contributed by atoms with Gasteiger partial charge in [0.1, 0.15) is 12.7 Å². The molecule has 0 saturated carbocycles. The molecule has 0 aromatic carbocycles. The van der Waals surface area contributed by atoms with Crippen LogP contribution in [0.4, 0.5) is 0 Å². The van der Waals surface area contributed by atoms with Gasteiger partial charge >= 0.3 is 13.8 Å². The predicted octanol–water partition coefficient (Wildman–Crippen LogP) is 12.4. The number of nitrogens with one attached hydrogen (secondary N) is 1. The van der Waals surface area contributed by atoms with E-state index >= 15 is 0 Å². The van der Waals surface area contributed by atoms with E-state index in [9.17, 15) is 24.2 Å². The van der Waals surface area contributed by atoms with E-state index in [0.29, 0.717) is 12.8 Å². The van der Waals surface area contributed by atoms with E-state index in [1.165, 1.54) is 167 Å². The fourth-order valence-corrected chi connectivity index (χ4v) is 7.37. The predicted molar refractivity (Wildman–Crippen MR) is 220 cm³/mol. The van der Waals surface area contributed by atoms with Crippen molar-refractivity contribution in [2.24, 2.45) is 0 Å². The number of carbonyl (C=O) groups excluding carboxylic acids is 2. The largest absolute Gasteiger partial charge is 0.472 e. The number of hydrogen-bond donors (Lipinski definition) is 3. The maximum atomic E-state index is 12.1. The Balaban J connectivity index is 3.53. The van der Waals surface area contributed by atoms with Gasteiger partial charge < -0.3 is 20.1 Å². The van der Waals surface area contributed by atoms with Crippen molar-refractivity contribution in [3.8, 4) is 0 Å². The standard InChI is InChI=1S/C43H86NO8P/c1-3-5-7-9-11-13-15-17-18-19-20-21-22-24-26-28-30-32-34-36-43(47)50-39-41(45)40-52-53(48,49)51-38-37-44-42(46)35-33-31-29-27-25-23-16-14-12-10-8-6-4-2/h41,45H,3-40H2,1-2H3,(H,44,46)(H,48,49). The molecule has 0 aliphatic rings. The van der Waals surface area contributed by atoms with Crippen molar-refractivity contribution in [2.45, 2.75) is 238 Å². The molecule has 0 bridgehead atoms. The van der Waals surface area contributed by atoms with Crippen LogP contribution in [0.3, 0.4) is 0 Å². The minimum Gasteiger partial charge on any atom is -0.463 e. The van der Waals surface area contributed by atoms with Crippen molar-refractivity contribution < 1.29 is 37.9 Å². The molecule has 0 rings (SSSR count). The number of aliphatic hydroxyl groups is 1. The number of phosphoric ester groups is 1. The molecule has 0 aromatic heterocycles. The highest BCUT2D eigenvalue weighted by atomic mass is 31.2. The van der Waals surface area contributed by atoms with Crippen LogP contribution in [0.1, 0.15) is 232 Å². The first-order valence-corrected chi connectivity index (χ1v) is 24.0. The molecule has 0 aromatic rings. The Kier molecular flexibility index (Phi) is 39.9. The highest BCUT2D eigenvalue weighted by Gasteiger charge is 2.23. The molecule has 0 fully saturated rings. The van der Waals surface area contributed by atoms with Crippen LogP contribution in [0, 0.1) is 0 Å². The summed E-state index contributed by atoms with van der Waals surface area (Å²) in [5, 5.41) is 12.7. The summed E-state index contributed by atoms with van der Waals surface area (Å²) in [6, 6.07) is 0. The van der Waals surface area contributed by atoms with E-state index < -0.39 is 26.5 Å². The minimum absolute atomic E-state index is 0.0881. The molecule has 2 unspecified atom stereocenters. The van der Waals surface area contributed by atoms with Gasteiger partial charge in [0.15, 0.2) is 0 Å². The molecule has 0 saturated heterocycles. The molecule has 53 heavy (non-hydrogen) atoms. The second-order valence-corrected chi connectivity index (χ2v) is 16.8. The van der Waals surface area contributed by atoms with Gasteiger partial charge in [-0.25, -0.2) is 4.57 Å². The van der Waals surface area contributed by atoms with Crippen molar-refractivity contribution in [1.29, 1.82) is 0 Å². The SMILES string of the molecule is CCCCCCCCCCCCCCCCCCCCCC(=O)OCC(O)COP(=O)(O)OCCNC(=O)CCCCCCCCCCCCCCC. The molecule has 0 radical (unpaired) electrons. The molecule has 0 heterocycles.